The smallest absolute Gasteiger partial charge is 0.181 e. The van der Waals surface area contributed by atoms with Crippen molar-refractivity contribution in [3.63, 3.8) is 0 Å². The van der Waals surface area contributed by atoms with Gasteiger partial charge in [0.2, 0.25) is 0 Å². The first kappa shape index (κ1) is 16.6. The summed E-state index contributed by atoms with van der Waals surface area (Å²) in [5.74, 6) is -0.0156. The van der Waals surface area contributed by atoms with Gasteiger partial charge in [0.25, 0.3) is 0 Å². The average Bonchev–Trinajstić information content (AvgIpc) is 3.22. The van der Waals surface area contributed by atoms with E-state index in [0.717, 1.165) is 12.8 Å². The zero-order valence-electron chi connectivity index (χ0n) is 14.6. The topological polar surface area (TPSA) is 55.9 Å². The Morgan fingerprint density at radius 1 is 1.21 bits per heavy atom. The molecule has 0 aliphatic carbocycles. The molecule has 3 aliphatic rings. The zero-order chi connectivity index (χ0) is 17.2. The van der Waals surface area contributed by atoms with Crippen LogP contribution in [0.4, 0.5) is 0 Å². The van der Waals surface area contributed by atoms with Crippen molar-refractivity contribution in [1.82, 2.24) is 0 Å². The molecule has 4 rings (SSSR count). The quantitative estimate of drug-likeness (QED) is 0.765. The van der Waals surface area contributed by atoms with Crippen LogP contribution in [0, 0.1) is 11.3 Å². The van der Waals surface area contributed by atoms with Gasteiger partial charge < -0.3 is 9.47 Å². The van der Waals surface area contributed by atoms with Crippen molar-refractivity contribution in [2.24, 2.45) is 11.3 Å². The number of rotatable bonds is 5. The van der Waals surface area contributed by atoms with Gasteiger partial charge in [-0.3, -0.25) is 0 Å². The Morgan fingerprint density at radius 3 is 2.42 bits per heavy atom. The molecule has 0 spiro atoms. The molecule has 24 heavy (non-hydrogen) atoms. The van der Waals surface area contributed by atoms with Crippen LogP contribution >= 0.6 is 0 Å². The third-order valence-electron chi connectivity index (χ3n) is 6.34. The zero-order valence-corrected chi connectivity index (χ0v) is 15.4. The summed E-state index contributed by atoms with van der Waals surface area (Å²) in [4.78, 5) is 0.415. The van der Waals surface area contributed by atoms with E-state index in [4.69, 9.17) is 9.47 Å². The second kappa shape index (κ2) is 5.29. The molecule has 4 nitrogen and oxygen atoms in total. The number of fused-ring (bicyclic) bond motifs is 2. The molecule has 0 radical (unpaired) electrons. The van der Waals surface area contributed by atoms with Crippen LogP contribution in [0.25, 0.3) is 0 Å². The Labute approximate surface area is 144 Å². The molecule has 5 heteroatoms. The van der Waals surface area contributed by atoms with E-state index in [0.29, 0.717) is 17.9 Å². The number of hydrogen-bond donors (Lipinski definition) is 0. The van der Waals surface area contributed by atoms with Crippen LogP contribution in [-0.2, 0) is 19.3 Å². The molecule has 3 heterocycles. The summed E-state index contributed by atoms with van der Waals surface area (Å²) in [7, 11) is -3.43. The standard InChI is InChI=1S/C19H26O4S/c1-18(2)16-9-10-19(3,23-16)17(18)15(11-13-12-22-13)24(20,21)14-7-5-4-6-8-14/h4-8,13,15-17H,9-12H2,1-3H3/t13?,15?,16-,17-,19+/m0/s1. The Bertz CT molecular complexity index is 718. The fraction of sp³-hybridized carbons (Fsp3) is 0.684. The molecule has 2 bridgehead atoms. The molecular weight excluding hydrogens is 324 g/mol. The van der Waals surface area contributed by atoms with Crippen LogP contribution in [0.2, 0.25) is 0 Å². The molecule has 0 N–H and O–H groups in total. The van der Waals surface area contributed by atoms with E-state index in [1.54, 1.807) is 24.3 Å². The van der Waals surface area contributed by atoms with Crippen molar-refractivity contribution in [2.45, 2.75) is 68.0 Å². The van der Waals surface area contributed by atoms with Gasteiger partial charge in [-0.15, -0.1) is 0 Å². The van der Waals surface area contributed by atoms with Gasteiger partial charge in [0.1, 0.15) is 0 Å². The molecule has 2 unspecified atom stereocenters. The first-order valence-corrected chi connectivity index (χ1v) is 10.4. The lowest BCUT2D eigenvalue weighted by Gasteiger charge is -2.43. The van der Waals surface area contributed by atoms with E-state index in [2.05, 4.69) is 20.8 Å². The highest BCUT2D eigenvalue weighted by atomic mass is 32.2. The van der Waals surface area contributed by atoms with Crippen LogP contribution in [0.5, 0.6) is 0 Å². The Hall–Kier alpha value is -0.910. The van der Waals surface area contributed by atoms with Crippen molar-refractivity contribution in [2.75, 3.05) is 6.61 Å². The van der Waals surface area contributed by atoms with Gasteiger partial charge in [-0.2, -0.15) is 0 Å². The molecule has 3 saturated heterocycles. The van der Waals surface area contributed by atoms with Gasteiger partial charge in [0, 0.05) is 5.92 Å². The minimum Gasteiger partial charge on any atom is -0.373 e. The summed E-state index contributed by atoms with van der Waals surface area (Å²) in [6.45, 7) is 7.13. The molecule has 1 aromatic rings. The largest absolute Gasteiger partial charge is 0.373 e. The van der Waals surface area contributed by atoms with Crippen LogP contribution in [0.1, 0.15) is 40.0 Å². The van der Waals surface area contributed by atoms with Crippen molar-refractivity contribution in [3.8, 4) is 0 Å². The summed E-state index contributed by atoms with van der Waals surface area (Å²) in [5, 5.41) is -0.460. The molecule has 0 saturated carbocycles. The summed E-state index contributed by atoms with van der Waals surface area (Å²) in [5.41, 5.74) is -0.496. The van der Waals surface area contributed by atoms with Gasteiger partial charge in [-0.05, 0) is 43.7 Å². The maximum Gasteiger partial charge on any atom is 0.181 e. The minimum absolute atomic E-state index is 0.0156. The number of ether oxygens (including phenoxy) is 2. The van der Waals surface area contributed by atoms with Crippen LogP contribution in [-0.4, -0.2) is 38.1 Å². The van der Waals surface area contributed by atoms with Crippen molar-refractivity contribution in [3.05, 3.63) is 30.3 Å². The molecule has 132 valence electrons. The maximum absolute atomic E-state index is 13.5. The third kappa shape index (κ3) is 2.44. The van der Waals surface area contributed by atoms with Crippen LogP contribution < -0.4 is 0 Å². The first-order valence-electron chi connectivity index (χ1n) is 8.83. The SMILES string of the molecule is CC1(C)[C@@H]2CC[C@@](C)(O2)[C@H]1C(CC1CO1)S(=O)(=O)c1ccccc1. The fourth-order valence-electron chi connectivity index (χ4n) is 5.16. The highest BCUT2D eigenvalue weighted by molar-refractivity contribution is 7.92. The van der Waals surface area contributed by atoms with Gasteiger partial charge in [0.15, 0.2) is 9.84 Å². The van der Waals surface area contributed by atoms with Gasteiger partial charge in [-0.25, -0.2) is 8.42 Å². The first-order chi connectivity index (χ1) is 11.2. The van der Waals surface area contributed by atoms with Gasteiger partial charge in [0.05, 0.1) is 34.6 Å². The number of benzene rings is 1. The lowest BCUT2D eigenvalue weighted by molar-refractivity contribution is 0.00467. The van der Waals surface area contributed by atoms with E-state index in [9.17, 15) is 8.42 Å². The normalized spacial score (nSPS) is 38.2. The summed E-state index contributed by atoms with van der Waals surface area (Å²) >= 11 is 0. The molecule has 0 aromatic heterocycles. The Morgan fingerprint density at radius 2 is 1.88 bits per heavy atom. The predicted octanol–water partition coefficient (Wildman–Crippen LogP) is 3.21. The van der Waals surface area contributed by atoms with E-state index < -0.39 is 15.1 Å². The number of epoxide rings is 1. The summed E-state index contributed by atoms with van der Waals surface area (Å²) in [6.07, 6.45) is 2.76. The van der Waals surface area contributed by atoms with E-state index >= 15 is 0 Å². The molecule has 1 aromatic carbocycles. The summed E-state index contributed by atoms with van der Waals surface area (Å²) < 4.78 is 38.7. The lowest BCUT2D eigenvalue weighted by Crippen LogP contribution is -2.50. The average molecular weight is 350 g/mol. The maximum atomic E-state index is 13.5. The monoisotopic (exact) mass is 350 g/mol. The highest BCUT2D eigenvalue weighted by Gasteiger charge is 2.65. The Balaban J connectivity index is 1.78. The molecule has 5 atom stereocenters. The third-order valence-corrected chi connectivity index (χ3v) is 8.53. The second-order valence-corrected chi connectivity index (χ2v) is 10.5. The van der Waals surface area contributed by atoms with E-state index in [1.807, 2.05) is 6.07 Å². The lowest BCUT2D eigenvalue weighted by atomic mass is 9.62. The van der Waals surface area contributed by atoms with Crippen molar-refractivity contribution in [1.29, 1.82) is 0 Å². The predicted molar refractivity (Wildman–Crippen MR) is 91.6 cm³/mol. The number of sulfone groups is 1. The van der Waals surface area contributed by atoms with Crippen LogP contribution in [0.3, 0.4) is 0 Å². The minimum atomic E-state index is -3.43. The van der Waals surface area contributed by atoms with Crippen LogP contribution in [0.15, 0.2) is 35.2 Å². The van der Waals surface area contributed by atoms with Crippen molar-refractivity contribution < 1.29 is 17.9 Å². The number of hydrogen-bond acceptors (Lipinski definition) is 4. The molecule has 0 amide bonds. The van der Waals surface area contributed by atoms with E-state index in [1.165, 1.54) is 0 Å². The molecule has 3 aliphatic heterocycles. The van der Waals surface area contributed by atoms with E-state index in [-0.39, 0.29) is 29.1 Å². The van der Waals surface area contributed by atoms with Gasteiger partial charge in [-0.1, -0.05) is 32.0 Å². The Kier molecular flexibility index (Phi) is 3.65. The molecular formula is C19H26O4S. The molecule has 3 fully saturated rings. The highest BCUT2D eigenvalue weighted by Crippen LogP contribution is 2.60. The van der Waals surface area contributed by atoms with Crippen molar-refractivity contribution >= 4 is 9.84 Å². The summed E-state index contributed by atoms with van der Waals surface area (Å²) in [6, 6.07) is 8.85. The fourth-order valence-corrected chi connectivity index (χ4v) is 7.51. The second-order valence-electron chi connectivity index (χ2n) is 8.34. The van der Waals surface area contributed by atoms with Gasteiger partial charge >= 0.3 is 0 Å².